The SMILES string of the molecule is C[C@@H]1CNCCN1CC(=O)N1CCOCC1.Cl. The number of amides is 1. The number of carbonyl (C=O) groups excluding carboxylic acids is 1. The Bertz CT molecular complexity index is 247. The van der Waals surface area contributed by atoms with Gasteiger partial charge in [0.05, 0.1) is 19.8 Å². The molecule has 0 bridgehead atoms. The van der Waals surface area contributed by atoms with Crippen molar-refractivity contribution in [3.63, 3.8) is 0 Å². The zero-order valence-electron chi connectivity index (χ0n) is 10.4. The number of hydrogen-bond acceptors (Lipinski definition) is 4. The molecule has 1 atom stereocenters. The quantitative estimate of drug-likeness (QED) is 0.734. The van der Waals surface area contributed by atoms with Gasteiger partial charge in [-0.1, -0.05) is 0 Å². The highest BCUT2D eigenvalue weighted by atomic mass is 35.5. The van der Waals surface area contributed by atoms with Gasteiger partial charge in [0.25, 0.3) is 0 Å². The first-order valence-electron chi connectivity index (χ1n) is 6.07. The fourth-order valence-electron chi connectivity index (χ4n) is 2.20. The molecule has 0 aromatic rings. The van der Waals surface area contributed by atoms with Crippen LogP contribution in [0.25, 0.3) is 0 Å². The summed E-state index contributed by atoms with van der Waals surface area (Å²) in [6, 6.07) is 0.457. The van der Waals surface area contributed by atoms with Crippen molar-refractivity contribution < 1.29 is 9.53 Å². The van der Waals surface area contributed by atoms with Crippen LogP contribution >= 0.6 is 12.4 Å². The molecule has 6 heteroatoms. The molecule has 0 unspecified atom stereocenters. The van der Waals surface area contributed by atoms with Gasteiger partial charge in [-0.3, -0.25) is 9.69 Å². The smallest absolute Gasteiger partial charge is 0.236 e. The Balaban J connectivity index is 0.00000144. The van der Waals surface area contributed by atoms with E-state index in [2.05, 4.69) is 17.1 Å². The highest BCUT2D eigenvalue weighted by Gasteiger charge is 2.23. The van der Waals surface area contributed by atoms with Crippen molar-refractivity contribution in [2.45, 2.75) is 13.0 Å². The molecule has 1 N–H and O–H groups in total. The topological polar surface area (TPSA) is 44.8 Å². The molecule has 5 nitrogen and oxygen atoms in total. The second kappa shape index (κ2) is 7.16. The fourth-order valence-corrected chi connectivity index (χ4v) is 2.20. The van der Waals surface area contributed by atoms with Crippen molar-refractivity contribution in [3.8, 4) is 0 Å². The van der Waals surface area contributed by atoms with Crippen molar-refractivity contribution in [2.75, 3.05) is 52.5 Å². The molecule has 1 amide bonds. The molecule has 0 aromatic heterocycles. The van der Waals surface area contributed by atoms with E-state index >= 15 is 0 Å². The van der Waals surface area contributed by atoms with Crippen LogP contribution in [0.3, 0.4) is 0 Å². The average molecular weight is 264 g/mol. The van der Waals surface area contributed by atoms with Crippen molar-refractivity contribution in [1.82, 2.24) is 15.1 Å². The largest absolute Gasteiger partial charge is 0.378 e. The van der Waals surface area contributed by atoms with Crippen LogP contribution in [0.5, 0.6) is 0 Å². The predicted octanol–water partition coefficient (Wildman–Crippen LogP) is -0.439. The standard InChI is InChI=1S/C11H21N3O2.ClH/c1-10-8-12-2-3-14(10)9-11(15)13-4-6-16-7-5-13;/h10,12H,2-9H2,1H3;1H/t10-;/m1./s1. The second-order valence-corrected chi connectivity index (χ2v) is 4.52. The summed E-state index contributed by atoms with van der Waals surface area (Å²) < 4.78 is 5.24. The van der Waals surface area contributed by atoms with Gasteiger partial charge in [-0.2, -0.15) is 0 Å². The molecular formula is C11H22ClN3O2. The molecule has 17 heavy (non-hydrogen) atoms. The molecule has 0 aliphatic carbocycles. The van der Waals surface area contributed by atoms with E-state index in [1.807, 2.05) is 4.90 Å². The third-order valence-electron chi connectivity index (χ3n) is 3.34. The third kappa shape index (κ3) is 4.10. The second-order valence-electron chi connectivity index (χ2n) is 4.52. The Morgan fingerprint density at radius 3 is 2.71 bits per heavy atom. The lowest BCUT2D eigenvalue weighted by molar-refractivity contribution is -0.137. The number of hydrogen-bond donors (Lipinski definition) is 1. The number of nitrogens with one attached hydrogen (secondary N) is 1. The normalized spacial score (nSPS) is 26.4. The van der Waals surface area contributed by atoms with Crippen LogP contribution in [0.1, 0.15) is 6.92 Å². The van der Waals surface area contributed by atoms with E-state index in [-0.39, 0.29) is 18.3 Å². The number of piperazine rings is 1. The number of halogens is 1. The van der Waals surface area contributed by atoms with Gasteiger partial charge in [0, 0.05) is 38.8 Å². The molecule has 2 fully saturated rings. The molecule has 0 saturated carbocycles. The van der Waals surface area contributed by atoms with E-state index in [0.29, 0.717) is 25.8 Å². The Labute approximate surface area is 109 Å². The van der Waals surface area contributed by atoms with Crippen molar-refractivity contribution in [3.05, 3.63) is 0 Å². The van der Waals surface area contributed by atoms with Gasteiger partial charge >= 0.3 is 0 Å². The molecule has 0 radical (unpaired) electrons. The highest BCUT2D eigenvalue weighted by Crippen LogP contribution is 2.04. The van der Waals surface area contributed by atoms with Crippen LogP contribution in [0.2, 0.25) is 0 Å². The Morgan fingerprint density at radius 2 is 2.06 bits per heavy atom. The summed E-state index contributed by atoms with van der Waals surface area (Å²) in [4.78, 5) is 16.2. The summed E-state index contributed by atoms with van der Waals surface area (Å²) in [6.45, 7) is 8.53. The number of rotatable bonds is 2. The molecule has 2 heterocycles. The summed E-state index contributed by atoms with van der Waals surface area (Å²) in [5.41, 5.74) is 0. The maximum atomic E-state index is 12.0. The maximum Gasteiger partial charge on any atom is 0.236 e. The first-order valence-corrected chi connectivity index (χ1v) is 6.07. The summed E-state index contributed by atoms with van der Waals surface area (Å²) in [7, 11) is 0. The van der Waals surface area contributed by atoms with E-state index in [0.717, 1.165) is 32.7 Å². The van der Waals surface area contributed by atoms with Crippen LogP contribution in [-0.4, -0.2) is 74.2 Å². The number of carbonyl (C=O) groups is 1. The van der Waals surface area contributed by atoms with E-state index in [1.54, 1.807) is 0 Å². The van der Waals surface area contributed by atoms with Crippen molar-refractivity contribution in [2.24, 2.45) is 0 Å². The first kappa shape index (κ1) is 14.7. The summed E-state index contributed by atoms with van der Waals surface area (Å²) in [6.07, 6.45) is 0. The van der Waals surface area contributed by atoms with E-state index in [1.165, 1.54) is 0 Å². The first-order chi connectivity index (χ1) is 7.77. The molecule has 0 aromatic carbocycles. The molecular weight excluding hydrogens is 242 g/mol. The minimum absolute atomic E-state index is 0. The number of ether oxygens (including phenoxy) is 1. The Kier molecular flexibility index (Phi) is 6.19. The lowest BCUT2D eigenvalue weighted by atomic mass is 10.2. The average Bonchev–Trinajstić information content (AvgIpc) is 2.33. The van der Waals surface area contributed by atoms with Crippen LogP contribution < -0.4 is 5.32 Å². The van der Waals surface area contributed by atoms with Gasteiger partial charge in [0.15, 0.2) is 0 Å². The zero-order chi connectivity index (χ0) is 11.4. The number of nitrogens with zero attached hydrogens (tertiary/aromatic N) is 2. The van der Waals surface area contributed by atoms with Crippen LogP contribution in [0, 0.1) is 0 Å². The molecule has 0 spiro atoms. The molecule has 2 aliphatic heterocycles. The molecule has 2 aliphatic rings. The number of morpholine rings is 1. The highest BCUT2D eigenvalue weighted by molar-refractivity contribution is 5.85. The predicted molar refractivity (Wildman–Crippen MR) is 68.6 cm³/mol. The molecule has 100 valence electrons. The summed E-state index contributed by atoms with van der Waals surface area (Å²) in [5, 5.41) is 3.33. The lowest BCUT2D eigenvalue weighted by Gasteiger charge is -2.35. The minimum atomic E-state index is 0. The third-order valence-corrected chi connectivity index (χ3v) is 3.34. The van der Waals surface area contributed by atoms with Crippen LogP contribution in [0.15, 0.2) is 0 Å². The molecule has 2 saturated heterocycles. The molecule has 2 rings (SSSR count). The van der Waals surface area contributed by atoms with Gasteiger partial charge in [-0.05, 0) is 6.92 Å². The van der Waals surface area contributed by atoms with Gasteiger partial charge in [0.2, 0.25) is 5.91 Å². The minimum Gasteiger partial charge on any atom is -0.378 e. The zero-order valence-corrected chi connectivity index (χ0v) is 11.2. The van der Waals surface area contributed by atoms with Gasteiger partial charge in [-0.15, -0.1) is 12.4 Å². The van der Waals surface area contributed by atoms with Crippen LogP contribution in [-0.2, 0) is 9.53 Å². The lowest BCUT2D eigenvalue weighted by Crippen LogP contribution is -2.54. The summed E-state index contributed by atoms with van der Waals surface area (Å²) in [5.74, 6) is 0.247. The van der Waals surface area contributed by atoms with E-state index in [9.17, 15) is 4.79 Å². The van der Waals surface area contributed by atoms with Gasteiger partial charge in [-0.25, -0.2) is 0 Å². The van der Waals surface area contributed by atoms with Crippen molar-refractivity contribution >= 4 is 18.3 Å². The maximum absolute atomic E-state index is 12.0. The Hall–Kier alpha value is -0.360. The fraction of sp³-hybridized carbons (Fsp3) is 0.909. The van der Waals surface area contributed by atoms with Crippen molar-refractivity contribution in [1.29, 1.82) is 0 Å². The van der Waals surface area contributed by atoms with E-state index in [4.69, 9.17) is 4.74 Å². The van der Waals surface area contributed by atoms with E-state index < -0.39 is 0 Å². The van der Waals surface area contributed by atoms with Crippen LogP contribution in [0.4, 0.5) is 0 Å². The van der Waals surface area contributed by atoms with Gasteiger partial charge in [0.1, 0.15) is 0 Å². The summed E-state index contributed by atoms with van der Waals surface area (Å²) >= 11 is 0. The van der Waals surface area contributed by atoms with Gasteiger partial charge < -0.3 is 15.0 Å². The Morgan fingerprint density at radius 1 is 1.35 bits per heavy atom. The monoisotopic (exact) mass is 263 g/mol.